The Bertz CT molecular complexity index is 546. The smallest absolute Gasteiger partial charge is 0.337 e. The predicted molar refractivity (Wildman–Crippen MR) is 73.1 cm³/mol. The van der Waals surface area contributed by atoms with E-state index in [-0.39, 0.29) is 12.0 Å². The molecule has 0 fully saturated rings. The summed E-state index contributed by atoms with van der Waals surface area (Å²) in [5.41, 5.74) is 2.60. The number of rotatable bonds is 3. The summed E-state index contributed by atoms with van der Waals surface area (Å²) in [5, 5.41) is 3.26. The summed E-state index contributed by atoms with van der Waals surface area (Å²) in [6.07, 6.45) is 6.03. The van der Waals surface area contributed by atoms with Crippen LogP contribution in [-0.2, 0) is 4.74 Å². The molecular formula is C15H17NO3. The van der Waals surface area contributed by atoms with Gasteiger partial charge in [0.25, 0.3) is 0 Å². The maximum Gasteiger partial charge on any atom is 0.337 e. The second-order valence-corrected chi connectivity index (χ2v) is 4.38. The number of carbonyl (C=O) groups excluding carboxylic acids is 1. The van der Waals surface area contributed by atoms with Gasteiger partial charge in [-0.1, -0.05) is 12.2 Å². The first-order chi connectivity index (χ1) is 9.13. The molecule has 1 aromatic rings. The van der Waals surface area contributed by atoms with Gasteiger partial charge >= 0.3 is 5.97 Å². The highest BCUT2D eigenvalue weighted by molar-refractivity contribution is 5.90. The Balaban J connectivity index is 2.35. The lowest BCUT2D eigenvalue weighted by Gasteiger charge is -2.19. The molecule has 1 aromatic carbocycles. The van der Waals surface area contributed by atoms with Gasteiger partial charge in [0.2, 0.25) is 0 Å². The van der Waals surface area contributed by atoms with E-state index in [1.54, 1.807) is 13.2 Å². The molecule has 0 spiro atoms. The van der Waals surface area contributed by atoms with E-state index in [9.17, 15) is 4.79 Å². The standard InChI is InChI=1S/C15H17NO3/c1-10-4-5-14(16-9-10)11-6-12(15(17)19-3)8-13(7-11)18-2/h4-9,14,16H,1-3H3/t14-/m0/s1. The Morgan fingerprint density at radius 3 is 2.63 bits per heavy atom. The highest BCUT2D eigenvalue weighted by Crippen LogP contribution is 2.25. The third kappa shape index (κ3) is 2.96. The van der Waals surface area contributed by atoms with Gasteiger partial charge in [-0.25, -0.2) is 4.79 Å². The van der Waals surface area contributed by atoms with E-state index in [2.05, 4.69) is 5.32 Å². The highest BCUT2D eigenvalue weighted by Gasteiger charge is 2.15. The first kappa shape index (κ1) is 13.2. The largest absolute Gasteiger partial charge is 0.497 e. The molecule has 1 aliphatic heterocycles. The monoisotopic (exact) mass is 259 g/mol. The number of esters is 1. The molecule has 100 valence electrons. The number of dihydropyridines is 1. The third-order valence-corrected chi connectivity index (χ3v) is 2.99. The average Bonchev–Trinajstić information content (AvgIpc) is 2.46. The van der Waals surface area contributed by atoms with E-state index >= 15 is 0 Å². The number of allylic oxidation sites excluding steroid dienone is 2. The number of ether oxygens (including phenoxy) is 2. The van der Waals surface area contributed by atoms with Crippen LogP contribution in [0, 0.1) is 0 Å². The van der Waals surface area contributed by atoms with Crippen molar-refractivity contribution >= 4 is 5.97 Å². The molecule has 0 radical (unpaired) electrons. The van der Waals surface area contributed by atoms with Crippen LogP contribution in [0.5, 0.6) is 5.75 Å². The van der Waals surface area contributed by atoms with E-state index in [4.69, 9.17) is 9.47 Å². The summed E-state index contributed by atoms with van der Waals surface area (Å²) in [6, 6.07) is 5.42. The molecule has 0 bridgehead atoms. The Morgan fingerprint density at radius 2 is 2.05 bits per heavy atom. The fraction of sp³-hybridized carbons (Fsp3) is 0.267. The van der Waals surface area contributed by atoms with Gasteiger partial charge < -0.3 is 14.8 Å². The van der Waals surface area contributed by atoms with Crippen molar-refractivity contribution in [1.82, 2.24) is 5.32 Å². The van der Waals surface area contributed by atoms with Crippen molar-refractivity contribution < 1.29 is 14.3 Å². The van der Waals surface area contributed by atoms with Crippen molar-refractivity contribution in [2.45, 2.75) is 13.0 Å². The molecule has 2 rings (SSSR count). The van der Waals surface area contributed by atoms with Crippen LogP contribution < -0.4 is 10.1 Å². The van der Waals surface area contributed by atoms with Gasteiger partial charge in [-0.05, 0) is 36.3 Å². The molecule has 1 aliphatic rings. The van der Waals surface area contributed by atoms with E-state index in [1.165, 1.54) is 7.11 Å². The van der Waals surface area contributed by atoms with E-state index in [1.807, 2.05) is 37.4 Å². The summed E-state index contributed by atoms with van der Waals surface area (Å²) >= 11 is 0. The van der Waals surface area contributed by atoms with Gasteiger partial charge in [0.1, 0.15) is 5.75 Å². The molecule has 0 aliphatic carbocycles. The summed E-state index contributed by atoms with van der Waals surface area (Å²) in [5.74, 6) is 0.269. The van der Waals surface area contributed by atoms with Crippen molar-refractivity contribution in [2.75, 3.05) is 14.2 Å². The Hall–Kier alpha value is -2.23. The number of hydrogen-bond acceptors (Lipinski definition) is 4. The SMILES string of the molecule is COC(=O)c1cc(OC)cc([C@@H]2C=CC(C)=CN2)c1. The quantitative estimate of drug-likeness (QED) is 0.848. The number of methoxy groups -OCH3 is 2. The fourth-order valence-electron chi connectivity index (χ4n) is 1.94. The first-order valence-electron chi connectivity index (χ1n) is 6.02. The molecule has 0 unspecified atom stereocenters. The van der Waals surface area contributed by atoms with Crippen LogP contribution in [0.25, 0.3) is 0 Å². The van der Waals surface area contributed by atoms with Crippen LogP contribution in [0.3, 0.4) is 0 Å². The molecule has 4 heteroatoms. The van der Waals surface area contributed by atoms with Crippen LogP contribution in [0.15, 0.2) is 42.1 Å². The molecular weight excluding hydrogens is 242 g/mol. The molecule has 0 saturated heterocycles. The van der Waals surface area contributed by atoms with Crippen LogP contribution in [-0.4, -0.2) is 20.2 Å². The predicted octanol–water partition coefficient (Wildman–Crippen LogP) is 2.59. The van der Waals surface area contributed by atoms with Gasteiger partial charge in [0.05, 0.1) is 25.8 Å². The lowest BCUT2D eigenvalue weighted by Crippen LogP contribution is -2.17. The minimum absolute atomic E-state index is 0.0298. The molecule has 0 aromatic heterocycles. The minimum atomic E-state index is -0.369. The van der Waals surface area contributed by atoms with E-state index in [0.717, 1.165) is 11.1 Å². The second kappa shape index (κ2) is 5.61. The molecule has 1 N–H and O–H groups in total. The van der Waals surface area contributed by atoms with Crippen molar-refractivity contribution in [1.29, 1.82) is 0 Å². The fourth-order valence-corrected chi connectivity index (χ4v) is 1.94. The summed E-state index contributed by atoms with van der Waals surface area (Å²) in [4.78, 5) is 11.6. The Kier molecular flexibility index (Phi) is 3.90. The number of nitrogens with one attached hydrogen (secondary N) is 1. The maximum atomic E-state index is 11.6. The minimum Gasteiger partial charge on any atom is -0.497 e. The van der Waals surface area contributed by atoms with Gasteiger partial charge in [-0.2, -0.15) is 0 Å². The van der Waals surface area contributed by atoms with Crippen LogP contribution in [0.1, 0.15) is 28.9 Å². The average molecular weight is 259 g/mol. The zero-order valence-corrected chi connectivity index (χ0v) is 11.3. The molecule has 1 atom stereocenters. The Labute approximate surface area is 112 Å². The van der Waals surface area contributed by atoms with Gasteiger partial charge in [0.15, 0.2) is 0 Å². The summed E-state index contributed by atoms with van der Waals surface area (Å²) in [7, 11) is 2.95. The van der Waals surface area contributed by atoms with Crippen LogP contribution in [0.4, 0.5) is 0 Å². The molecule has 4 nitrogen and oxygen atoms in total. The number of benzene rings is 1. The lowest BCUT2D eigenvalue weighted by atomic mass is 10.0. The molecule has 19 heavy (non-hydrogen) atoms. The zero-order valence-electron chi connectivity index (χ0n) is 11.3. The van der Waals surface area contributed by atoms with Crippen molar-refractivity contribution in [2.24, 2.45) is 0 Å². The third-order valence-electron chi connectivity index (χ3n) is 2.99. The summed E-state index contributed by atoms with van der Waals surface area (Å²) < 4.78 is 9.98. The number of carbonyl (C=O) groups is 1. The van der Waals surface area contributed by atoms with Crippen molar-refractivity contribution in [3.8, 4) is 5.75 Å². The first-order valence-corrected chi connectivity index (χ1v) is 6.02. The van der Waals surface area contributed by atoms with E-state index < -0.39 is 0 Å². The van der Waals surface area contributed by atoms with Crippen LogP contribution in [0.2, 0.25) is 0 Å². The normalized spacial score (nSPS) is 17.4. The summed E-state index contributed by atoms with van der Waals surface area (Å²) in [6.45, 7) is 2.02. The molecule has 0 amide bonds. The van der Waals surface area contributed by atoms with Crippen LogP contribution >= 0.6 is 0 Å². The van der Waals surface area contributed by atoms with E-state index in [0.29, 0.717) is 11.3 Å². The van der Waals surface area contributed by atoms with Crippen molar-refractivity contribution in [3.63, 3.8) is 0 Å². The van der Waals surface area contributed by atoms with Crippen molar-refractivity contribution in [3.05, 3.63) is 53.3 Å². The topological polar surface area (TPSA) is 47.6 Å². The van der Waals surface area contributed by atoms with Gasteiger partial charge in [0, 0.05) is 6.20 Å². The second-order valence-electron chi connectivity index (χ2n) is 4.38. The molecule has 1 heterocycles. The number of hydrogen-bond donors (Lipinski definition) is 1. The van der Waals surface area contributed by atoms with Gasteiger partial charge in [-0.3, -0.25) is 0 Å². The highest BCUT2D eigenvalue weighted by atomic mass is 16.5. The maximum absolute atomic E-state index is 11.6. The Morgan fingerprint density at radius 1 is 1.26 bits per heavy atom. The van der Waals surface area contributed by atoms with Gasteiger partial charge in [-0.15, -0.1) is 0 Å². The zero-order chi connectivity index (χ0) is 13.8. The molecule has 0 saturated carbocycles. The lowest BCUT2D eigenvalue weighted by molar-refractivity contribution is 0.0600.